The third kappa shape index (κ3) is 2.59. The van der Waals surface area contributed by atoms with Crippen LogP contribution in [0.4, 0.5) is 11.6 Å². The lowest BCUT2D eigenvalue weighted by Gasteiger charge is -2.32. The van der Waals surface area contributed by atoms with Gasteiger partial charge in [0.1, 0.15) is 17.5 Å². The fourth-order valence-corrected chi connectivity index (χ4v) is 2.68. The highest BCUT2D eigenvalue weighted by Crippen LogP contribution is 2.30. The smallest absolute Gasteiger partial charge is 0.170 e. The summed E-state index contributed by atoms with van der Waals surface area (Å²) in [5.41, 5.74) is 6.53. The molecule has 0 aliphatic carbocycles. The van der Waals surface area contributed by atoms with Crippen molar-refractivity contribution in [3.8, 4) is 6.07 Å². The van der Waals surface area contributed by atoms with Crippen molar-refractivity contribution in [2.45, 2.75) is 39.2 Å². The summed E-state index contributed by atoms with van der Waals surface area (Å²) in [6.45, 7) is 5.89. The first-order valence-corrected chi connectivity index (χ1v) is 7.26. The topological polar surface area (TPSA) is 91.1 Å². The molecule has 20 heavy (non-hydrogen) atoms. The number of piperidine rings is 1. The predicted molar refractivity (Wildman–Crippen MR) is 78.4 cm³/mol. The molecule has 1 aliphatic rings. The number of nitrogens with zero attached hydrogens (tertiary/aromatic N) is 4. The monoisotopic (exact) mass is 277 g/mol. The number of hydrogen-bond donors (Lipinski definition) is 2. The maximum Gasteiger partial charge on any atom is 0.170 e. The molecule has 1 aromatic rings. The number of nitrogens with two attached hydrogens (primary N) is 1. The minimum absolute atomic E-state index is 0.175. The summed E-state index contributed by atoms with van der Waals surface area (Å²) < 4.78 is 1.75. The molecule has 2 heterocycles. The summed E-state index contributed by atoms with van der Waals surface area (Å²) in [4.78, 5) is 2.08. The highest BCUT2D eigenvalue weighted by molar-refractivity contribution is 5.65. The third-order valence-corrected chi connectivity index (χ3v) is 4.13. The zero-order chi connectivity index (χ0) is 14.7. The van der Waals surface area contributed by atoms with Crippen LogP contribution in [0.25, 0.3) is 0 Å². The van der Waals surface area contributed by atoms with Gasteiger partial charge >= 0.3 is 0 Å². The molecule has 110 valence electrons. The van der Waals surface area contributed by atoms with Crippen LogP contribution in [0.15, 0.2) is 0 Å². The second-order valence-corrected chi connectivity index (χ2v) is 5.53. The molecule has 1 saturated heterocycles. The van der Waals surface area contributed by atoms with Gasteiger partial charge in [0, 0.05) is 19.7 Å². The average Bonchev–Trinajstić information content (AvgIpc) is 2.83. The van der Waals surface area contributed by atoms with E-state index >= 15 is 0 Å². The van der Waals surface area contributed by atoms with Crippen LogP contribution in [0.1, 0.15) is 44.7 Å². The SMILES string of the molecule is CCC(C)n1nc(N2CCCC(CO)C2)c(C#N)c1N. The van der Waals surface area contributed by atoms with E-state index in [0.717, 1.165) is 32.4 Å². The second kappa shape index (κ2) is 6.14. The number of rotatable bonds is 4. The second-order valence-electron chi connectivity index (χ2n) is 5.53. The molecule has 0 radical (unpaired) electrons. The van der Waals surface area contributed by atoms with Crippen molar-refractivity contribution < 1.29 is 5.11 Å². The molecular formula is C14H23N5O. The van der Waals surface area contributed by atoms with Crippen molar-refractivity contribution >= 4 is 11.6 Å². The van der Waals surface area contributed by atoms with E-state index in [1.165, 1.54) is 0 Å². The summed E-state index contributed by atoms with van der Waals surface area (Å²) in [5, 5.41) is 23.2. The minimum atomic E-state index is 0.175. The molecule has 0 aromatic carbocycles. The van der Waals surface area contributed by atoms with E-state index in [9.17, 15) is 10.4 Å². The lowest BCUT2D eigenvalue weighted by Crippen LogP contribution is -2.37. The first-order chi connectivity index (χ1) is 9.62. The Bertz CT molecular complexity index is 504. The molecule has 1 fully saturated rings. The molecule has 0 amide bonds. The Morgan fingerprint density at radius 2 is 2.35 bits per heavy atom. The molecule has 0 saturated carbocycles. The van der Waals surface area contributed by atoms with Gasteiger partial charge in [0.05, 0.1) is 6.04 Å². The van der Waals surface area contributed by atoms with E-state index in [0.29, 0.717) is 17.2 Å². The molecule has 6 heteroatoms. The Balaban J connectivity index is 2.34. The number of aliphatic hydroxyl groups is 1. The fourth-order valence-electron chi connectivity index (χ4n) is 2.68. The predicted octanol–water partition coefficient (Wildman–Crippen LogP) is 1.52. The maximum atomic E-state index is 9.36. The number of nitrogen functional groups attached to an aromatic ring is 1. The number of aliphatic hydroxyl groups excluding tert-OH is 1. The largest absolute Gasteiger partial charge is 0.396 e. The van der Waals surface area contributed by atoms with Gasteiger partial charge in [-0.15, -0.1) is 0 Å². The molecule has 0 bridgehead atoms. The molecule has 2 atom stereocenters. The average molecular weight is 277 g/mol. The van der Waals surface area contributed by atoms with Crippen molar-refractivity contribution in [2.24, 2.45) is 5.92 Å². The van der Waals surface area contributed by atoms with Gasteiger partial charge in [-0.1, -0.05) is 6.92 Å². The van der Waals surface area contributed by atoms with E-state index < -0.39 is 0 Å². The summed E-state index contributed by atoms with van der Waals surface area (Å²) in [5.74, 6) is 1.37. The van der Waals surface area contributed by atoms with Crippen LogP contribution in [-0.4, -0.2) is 34.6 Å². The van der Waals surface area contributed by atoms with Crippen LogP contribution in [0, 0.1) is 17.2 Å². The Labute approximate surface area is 119 Å². The zero-order valence-electron chi connectivity index (χ0n) is 12.2. The third-order valence-electron chi connectivity index (χ3n) is 4.13. The normalized spacial score (nSPS) is 20.7. The molecule has 2 unspecified atom stereocenters. The quantitative estimate of drug-likeness (QED) is 0.870. The van der Waals surface area contributed by atoms with E-state index in [1.54, 1.807) is 4.68 Å². The first-order valence-electron chi connectivity index (χ1n) is 7.26. The van der Waals surface area contributed by atoms with Crippen LogP contribution < -0.4 is 10.6 Å². The number of anilines is 2. The Morgan fingerprint density at radius 1 is 1.60 bits per heavy atom. The molecule has 1 aliphatic heterocycles. The van der Waals surface area contributed by atoms with Gasteiger partial charge in [-0.2, -0.15) is 10.4 Å². The Hall–Kier alpha value is -1.74. The van der Waals surface area contributed by atoms with Gasteiger partial charge in [0.15, 0.2) is 5.82 Å². The van der Waals surface area contributed by atoms with Gasteiger partial charge < -0.3 is 15.7 Å². The fraction of sp³-hybridized carbons (Fsp3) is 0.714. The van der Waals surface area contributed by atoms with Gasteiger partial charge in [-0.05, 0) is 32.1 Å². The summed E-state index contributed by atoms with van der Waals surface area (Å²) in [6.07, 6.45) is 2.94. The van der Waals surface area contributed by atoms with Crippen molar-refractivity contribution in [3.63, 3.8) is 0 Å². The van der Waals surface area contributed by atoms with Crippen LogP contribution >= 0.6 is 0 Å². The van der Waals surface area contributed by atoms with E-state index in [1.807, 2.05) is 6.92 Å². The van der Waals surface area contributed by atoms with Crippen molar-refractivity contribution in [2.75, 3.05) is 30.3 Å². The first kappa shape index (κ1) is 14.7. The van der Waals surface area contributed by atoms with E-state index in [2.05, 4.69) is 23.0 Å². The van der Waals surface area contributed by atoms with Crippen LogP contribution in [0.5, 0.6) is 0 Å². The zero-order valence-corrected chi connectivity index (χ0v) is 12.2. The van der Waals surface area contributed by atoms with Gasteiger partial charge in [-0.25, -0.2) is 4.68 Å². The summed E-state index contributed by atoms with van der Waals surface area (Å²) in [7, 11) is 0. The highest BCUT2D eigenvalue weighted by Gasteiger charge is 2.26. The number of nitriles is 1. The molecular weight excluding hydrogens is 254 g/mol. The van der Waals surface area contributed by atoms with Crippen molar-refractivity contribution in [3.05, 3.63) is 5.56 Å². The maximum absolute atomic E-state index is 9.36. The van der Waals surface area contributed by atoms with Crippen LogP contribution in [0.2, 0.25) is 0 Å². The van der Waals surface area contributed by atoms with Gasteiger partial charge in [0.25, 0.3) is 0 Å². The van der Waals surface area contributed by atoms with E-state index in [-0.39, 0.29) is 18.6 Å². The minimum Gasteiger partial charge on any atom is -0.396 e. The summed E-state index contributed by atoms with van der Waals surface area (Å²) in [6, 6.07) is 2.36. The number of hydrogen-bond acceptors (Lipinski definition) is 5. The molecule has 3 N–H and O–H groups in total. The standard InChI is InChI=1S/C14H23N5O/c1-3-10(2)19-13(16)12(7-15)14(17-19)18-6-4-5-11(8-18)9-20/h10-11,20H,3-6,8-9,16H2,1-2H3. The van der Waals surface area contributed by atoms with Crippen molar-refractivity contribution in [1.82, 2.24) is 9.78 Å². The lowest BCUT2D eigenvalue weighted by molar-refractivity contribution is 0.208. The Morgan fingerprint density at radius 3 is 2.95 bits per heavy atom. The highest BCUT2D eigenvalue weighted by atomic mass is 16.3. The van der Waals surface area contributed by atoms with Crippen LogP contribution in [0.3, 0.4) is 0 Å². The summed E-state index contributed by atoms with van der Waals surface area (Å²) >= 11 is 0. The Kier molecular flexibility index (Phi) is 4.50. The van der Waals surface area contributed by atoms with E-state index in [4.69, 9.17) is 5.73 Å². The molecule has 0 spiro atoms. The molecule has 2 rings (SSSR count). The number of aromatic nitrogens is 2. The van der Waals surface area contributed by atoms with Crippen LogP contribution in [-0.2, 0) is 0 Å². The van der Waals surface area contributed by atoms with Crippen molar-refractivity contribution in [1.29, 1.82) is 5.26 Å². The lowest BCUT2D eigenvalue weighted by atomic mass is 9.99. The van der Waals surface area contributed by atoms with Gasteiger partial charge in [0.2, 0.25) is 0 Å². The molecule has 1 aromatic heterocycles. The van der Waals surface area contributed by atoms with Gasteiger partial charge in [-0.3, -0.25) is 0 Å². The molecule has 6 nitrogen and oxygen atoms in total.